The second-order valence-corrected chi connectivity index (χ2v) is 6.09. The largest absolute Gasteiger partial charge is 0.545 e. The van der Waals surface area contributed by atoms with Crippen LogP contribution >= 0.6 is 0 Å². The highest BCUT2D eigenvalue weighted by atomic mass is 19.4. The maximum atomic E-state index is 13.6. The molecule has 28 heavy (non-hydrogen) atoms. The minimum atomic E-state index is -4.63. The summed E-state index contributed by atoms with van der Waals surface area (Å²) in [6.45, 7) is 0. The Bertz CT molecular complexity index is 872. The van der Waals surface area contributed by atoms with Gasteiger partial charge in [-0.05, 0) is 17.7 Å². The number of hydrogen-bond donors (Lipinski definition) is 1. The number of aromatic carboxylic acids is 1. The van der Waals surface area contributed by atoms with Crippen LogP contribution in [-0.4, -0.2) is 43.3 Å². The summed E-state index contributed by atoms with van der Waals surface area (Å²) in [5.74, 6) is -1.08. The second kappa shape index (κ2) is 7.13. The number of carboxylic acid groups (broad SMARTS) is 1. The van der Waals surface area contributed by atoms with Crippen molar-refractivity contribution in [2.75, 3.05) is 26.6 Å². The van der Waals surface area contributed by atoms with Gasteiger partial charge in [-0.1, -0.05) is 0 Å². The predicted molar refractivity (Wildman–Crippen MR) is 88.7 cm³/mol. The molecule has 1 aromatic carbocycles. The number of methoxy groups -OCH3 is 3. The van der Waals surface area contributed by atoms with Gasteiger partial charge in [-0.25, -0.2) is 4.68 Å². The molecule has 0 fully saturated rings. The molecule has 8 nitrogen and oxygen atoms in total. The van der Waals surface area contributed by atoms with Crippen LogP contribution in [0.25, 0.3) is 0 Å². The van der Waals surface area contributed by atoms with Crippen LogP contribution in [0.2, 0.25) is 0 Å². The molecule has 0 saturated heterocycles. The highest BCUT2D eigenvalue weighted by Gasteiger charge is 2.47. The Hall–Kier alpha value is -3.11. The van der Waals surface area contributed by atoms with Gasteiger partial charge >= 0.3 is 6.18 Å². The predicted octanol–water partition coefficient (Wildman–Crippen LogP) is 1.93. The van der Waals surface area contributed by atoms with Crippen LogP contribution in [0.3, 0.4) is 0 Å². The first-order valence-corrected chi connectivity index (χ1v) is 8.13. The van der Waals surface area contributed by atoms with Crippen molar-refractivity contribution in [3.63, 3.8) is 0 Å². The molecule has 2 heterocycles. The van der Waals surface area contributed by atoms with E-state index in [0.29, 0.717) is 10.2 Å². The lowest BCUT2D eigenvalue weighted by Gasteiger charge is -2.34. The fourth-order valence-corrected chi connectivity index (χ4v) is 3.23. The SMILES string of the molecule is COc1cc([C@@H]2C[C@H](C(F)(F)F)n3ncc(C(=O)[O-])c3N2)cc(OC)c1OC. The van der Waals surface area contributed by atoms with Crippen LogP contribution in [0.15, 0.2) is 18.3 Å². The van der Waals surface area contributed by atoms with E-state index in [1.807, 2.05) is 0 Å². The van der Waals surface area contributed by atoms with Gasteiger partial charge in [-0.2, -0.15) is 18.3 Å². The highest BCUT2D eigenvalue weighted by molar-refractivity contribution is 5.91. The number of nitrogens with one attached hydrogen (secondary N) is 1. The third-order valence-electron chi connectivity index (χ3n) is 4.55. The number of halogens is 3. The Labute approximate surface area is 157 Å². The summed E-state index contributed by atoms with van der Waals surface area (Å²) in [6, 6.07) is 0.123. The van der Waals surface area contributed by atoms with Crippen LogP contribution in [-0.2, 0) is 0 Å². The molecule has 2 atom stereocenters. The van der Waals surface area contributed by atoms with Gasteiger partial charge in [-0.15, -0.1) is 0 Å². The number of anilines is 1. The van der Waals surface area contributed by atoms with Gasteiger partial charge in [0, 0.05) is 6.42 Å². The molecule has 1 aliphatic heterocycles. The second-order valence-electron chi connectivity index (χ2n) is 6.09. The number of alkyl halides is 3. The average molecular weight is 400 g/mol. The number of carbonyl (C=O) groups excluding carboxylic acids is 1. The molecule has 0 amide bonds. The van der Waals surface area contributed by atoms with Crippen molar-refractivity contribution < 1.29 is 37.3 Å². The van der Waals surface area contributed by atoms with Crippen molar-refractivity contribution in [1.82, 2.24) is 9.78 Å². The Morgan fingerprint density at radius 2 is 1.82 bits per heavy atom. The molecule has 0 radical (unpaired) electrons. The number of ether oxygens (including phenoxy) is 3. The van der Waals surface area contributed by atoms with Gasteiger partial charge in [0.15, 0.2) is 17.5 Å². The number of carboxylic acids is 1. The molecule has 1 aromatic heterocycles. The number of hydrogen-bond acceptors (Lipinski definition) is 7. The Balaban J connectivity index is 2.11. The maximum Gasteiger partial charge on any atom is 0.410 e. The summed E-state index contributed by atoms with van der Waals surface area (Å²) in [5, 5.41) is 17.7. The van der Waals surface area contributed by atoms with Gasteiger partial charge < -0.3 is 29.4 Å². The first-order chi connectivity index (χ1) is 13.2. The molecule has 0 unspecified atom stereocenters. The van der Waals surface area contributed by atoms with Crippen LogP contribution in [0, 0.1) is 0 Å². The third-order valence-corrected chi connectivity index (χ3v) is 4.55. The lowest BCUT2D eigenvalue weighted by atomic mass is 9.96. The van der Waals surface area contributed by atoms with Gasteiger partial charge in [0.2, 0.25) is 5.75 Å². The lowest BCUT2D eigenvalue weighted by Crippen LogP contribution is -2.36. The fraction of sp³-hybridized carbons (Fsp3) is 0.412. The van der Waals surface area contributed by atoms with E-state index >= 15 is 0 Å². The molecule has 0 aliphatic carbocycles. The molecule has 0 saturated carbocycles. The minimum absolute atomic E-state index is 0.265. The van der Waals surface area contributed by atoms with E-state index in [1.165, 1.54) is 33.5 Å². The number of carbonyl (C=O) groups is 1. The van der Waals surface area contributed by atoms with E-state index in [2.05, 4.69) is 10.4 Å². The molecular formula is C17H17F3N3O5-. The summed E-state index contributed by atoms with van der Waals surface area (Å²) in [4.78, 5) is 11.3. The monoisotopic (exact) mass is 400 g/mol. The van der Waals surface area contributed by atoms with E-state index < -0.39 is 36.2 Å². The van der Waals surface area contributed by atoms with Gasteiger partial charge in [0.1, 0.15) is 5.82 Å². The van der Waals surface area contributed by atoms with Gasteiger partial charge in [0.05, 0.1) is 45.1 Å². The number of rotatable bonds is 5. The van der Waals surface area contributed by atoms with Gasteiger partial charge in [-0.3, -0.25) is 0 Å². The van der Waals surface area contributed by atoms with E-state index in [1.54, 1.807) is 0 Å². The highest BCUT2D eigenvalue weighted by Crippen LogP contribution is 2.47. The molecule has 152 valence electrons. The molecule has 1 aliphatic rings. The smallest absolute Gasteiger partial charge is 0.410 e. The van der Waals surface area contributed by atoms with Gasteiger partial charge in [0.25, 0.3) is 0 Å². The molecular weight excluding hydrogens is 383 g/mol. The zero-order valence-corrected chi connectivity index (χ0v) is 15.2. The van der Waals surface area contributed by atoms with Crippen molar-refractivity contribution in [3.8, 4) is 17.2 Å². The molecule has 11 heteroatoms. The summed E-state index contributed by atoms with van der Waals surface area (Å²) < 4.78 is 57.2. The van der Waals surface area contributed by atoms with Crippen LogP contribution in [0.5, 0.6) is 17.2 Å². The zero-order valence-electron chi connectivity index (χ0n) is 15.2. The van der Waals surface area contributed by atoms with Crippen molar-refractivity contribution in [3.05, 3.63) is 29.5 Å². The van der Waals surface area contributed by atoms with E-state index in [4.69, 9.17) is 14.2 Å². The first kappa shape index (κ1) is 19.6. The van der Waals surface area contributed by atoms with E-state index in [0.717, 1.165) is 6.20 Å². The molecule has 1 N–H and O–H groups in total. The summed E-state index contributed by atoms with van der Waals surface area (Å²) in [7, 11) is 4.18. The number of nitrogens with zero attached hydrogens (tertiary/aromatic N) is 2. The molecule has 3 rings (SSSR count). The van der Waals surface area contributed by atoms with Crippen LogP contribution < -0.4 is 24.6 Å². The Kier molecular flexibility index (Phi) is 5.01. The minimum Gasteiger partial charge on any atom is -0.545 e. The number of fused-ring (bicyclic) bond motifs is 1. The standard InChI is InChI=1S/C17H18F3N3O5/c1-26-11-4-8(5-12(27-2)14(11)28-3)10-6-13(17(18,19)20)23-15(22-10)9(7-21-23)16(24)25/h4-5,7,10,13,22H,6H2,1-3H3,(H,24,25)/p-1/t10-,13+/m0/s1. The van der Waals surface area contributed by atoms with Crippen molar-refractivity contribution >= 4 is 11.8 Å². The number of aromatic nitrogens is 2. The average Bonchev–Trinajstić information content (AvgIpc) is 3.09. The number of benzene rings is 1. The molecule has 2 aromatic rings. The summed E-state index contributed by atoms with van der Waals surface area (Å²) >= 11 is 0. The van der Waals surface area contributed by atoms with Crippen LogP contribution in [0.1, 0.15) is 34.4 Å². The quantitative estimate of drug-likeness (QED) is 0.819. The molecule has 0 spiro atoms. The first-order valence-electron chi connectivity index (χ1n) is 8.13. The lowest BCUT2D eigenvalue weighted by molar-refractivity contribution is -0.255. The Morgan fingerprint density at radius 1 is 1.21 bits per heavy atom. The zero-order chi connectivity index (χ0) is 20.6. The van der Waals surface area contributed by atoms with Crippen LogP contribution in [0.4, 0.5) is 19.0 Å². The fourth-order valence-electron chi connectivity index (χ4n) is 3.23. The summed E-state index contributed by atoms with van der Waals surface area (Å²) in [5.41, 5.74) is -0.0492. The normalized spacial score (nSPS) is 18.8. The van der Waals surface area contributed by atoms with E-state index in [-0.39, 0.29) is 23.1 Å². The van der Waals surface area contributed by atoms with Crippen molar-refractivity contribution in [2.24, 2.45) is 0 Å². The maximum absolute atomic E-state index is 13.6. The van der Waals surface area contributed by atoms with E-state index in [9.17, 15) is 23.1 Å². The van der Waals surface area contributed by atoms with Crippen molar-refractivity contribution in [2.45, 2.75) is 24.7 Å². The summed E-state index contributed by atoms with van der Waals surface area (Å²) in [6.07, 6.45) is -4.21. The third kappa shape index (κ3) is 3.27. The topological polar surface area (TPSA) is 97.7 Å². The van der Waals surface area contributed by atoms with Crippen molar-refractivity contribution in [1.29, 1.82) is 0 Å². The molecule has 0 bridgehead atoms. The Morgan fingerprint density at radius 3 is 2.29 bits per heavy atom.